The SMILES string of the molecule is COc1ccc(OC)c([C@@H]2O[C@@H]3CCCC[C@@H]3c3sc(C)cc32)c1. The first-order valence-electron chi connectivity index (χ1n) is 8.69. The van der Waals surface area contributed by atoms with E-state index >= 15 is 0 Å². The number of aryl methyl sites for hydroxylation is 1. The van der Waals surface area contributed by atoms with Crippen LogP contribution < -0.4 is 9.47 Å². The van der Waals surface area contributed by atoms with Gasteiger partial charge in [0.05, 0.1) is 20.3 Å². The molecule has 1 aliphatic carbocycles. The van der Waals surface area contributed by atoms with Gasteiger partial charge in [-0.15, -0.1) is 11.3 Å². The summed E-state index contributed by atoms with van der Waals surface area (Å²) in [5.74, 6) is 2.28. The minimum absolute atomic E-state index is 0.0608. The van der Waals surface area contributed by atoms with Crippen LogP contribution in [0.1, 0.15) is 58.6 Å². The van der Waals surface area contributed by atoms with E-state index in [4.69, 9.17) is 14.2 Å². The van der Waals surface area contributed by atoms with Gasteiger partial charge in [-0.1, -0.05) is 12.8 Å². The fourth-order valence-electron chi connectivity index (χ4n) is 4.14. The molecule has 1 aromatic carbocycles. The zero-order valence-corrected chi connectivity index (χ0v) is 15.3. The van der Waals surface area contributed by atoms with Crippen molar-refractivity contribution in [2.45, 2.75) is 50.7 Å². The number of fused-ring (bicyclic) bond motifs is 3. The summed E-state index contributed by atoms with van der Waals surface area (Å²) in [6.45, 7) is 2.20. The van der Waals surface area contributed by atoms with E-state index in [2.05, 4.69) is 19.1 Å². The molecule has 2 aromatic rings. The molecular weight excluding hydrogens is 320 g/mol. The van der Waals surface area contributed by atoms with Gasteiger partial charge in [-0.05, 0) is 49.6 Å². The third-order valence-electron chi connectivity index (χ3n) is 5.27. The molecule has 0 bridgehead atoms. The van der Waals surface area contributed by atoms with Crippen LogP contribution in [0.5, 0.6) is 11.5 Å². The zero-order valence-electron chi connectivity index (χ0n) is 14.5. The van der Waals surface area contributed by atoms with E-state index in [0.717, 1.165) is 23.5 Å². The lowest BCUT2D eigenvalue weighted by Gasteiger charge is -2.39. The summed E-state index contributed by atoms with van der Waals surface area (Å²) >= 11 is 1.95. The van der Waals surface area contributed by atoms with Crippen molar-refractivity contribution in [2.75, 3.05) is 14.2 Å². The highest BCUT2D eigenvalue weighted by atomic mass is 32.1. The molecule has 1 aliphatic heterocycles. The van der Waals surface area contributed by atoms with Crippen molar-refractivity contribution < 1.29 is 14.2 Å². The average molecular weight is 344 g/mol. The Morgan fingerprint density at radius 2 is 1.88 bits per heavy atom. The molecule has 0 N–H and O–H groups in total. The smallest absolute Gasteiger partial charge is 0.125 e. The summed E-state index contributed by atoms with van der Waals surface area (Å²) in [5, 5.41) is 0. The molecule has 4 heteroatoms. The first kappa shape index (κ1) is 16.0. The lowest BCUT2D eigenvalue weighted by molar-refractivity contribution is -0.0382. The molecule has 0 spiro atoms. The topological polar surface area (TPSA) is 27.7 Å². The molecule has 0 unspecified atom stereocenters. The van der Waals surface area contributed by atoms with Crippen LogP contribution in [0.4, 0.5) is 0 Å². The van der Waals surface area contributed by atoms with Crippen LogP contribution >= 0.6 is 11.3 Å². The third kappa shape index (κ3) is 2.62. The standard InChI is InChI=1S/C20H24O3S/c1-12-10-16-19(15-11-13(21-2)8-9-17(15)22-3)23-18-7-5-4-6-14(18)20(16)24-12/h8-11,14,18-19H,4-7H2,1-3H3/t14-,18+,19-/m0/s1. The summed E-state index contributed by atoms with van der Waals surface area (Å²) in [5.41, 5.74) is 2.40. The Balaban J connectivity index is 1.83. The molecule has 0 radical (unpaired) electrons. The van der Waals surface area contributed by atoms with E-state index < -0.39 is 0 Å². The second kappa shape index (κ2) is 6.41. The zero-order chi connectivity index (χ0) is 16.7. The number of hydrogen-bond donors (Lipinski definition) is 0. The Morgan fingerprint density at radius 3 is 2.67 bits per heavy atom. The summed E-state index contributed by atoms with van der Waals surface area (Å²) in [4.78, 5) is 2.89. The van der Waals surface area contributed by atoms with Crippen molar-refractivity contribution in [3.63, 3.8) is 0 Å². The minimum atomic E-state index is -0.0608. The van der Waals surface area contributed by atoms with Crippen LogP contribution in [0.25, 0.3) is 0 Å². The van der Waals surface area contributed by atoms with E-state index in [0.29, 0.717) is 12.0 Å². The fourth-order valence-corrected chi connectivity index (χ4v) is 5.38. The van der Waals surface area contributed by atoms with Crippen LogP contribution in [0, 0.1) is 6.92 Å². The molecule has 3 nitrogen and oxygen atoms in total. The van der Waals surface area contributed by atoms with Gasteiger partial charge >= 0.3 is 0 Å². The monoisotopic (exact) mass is 344 g/mol. The maximum Gasteiger partial charge on any atom is 0.125 e. The van der Waals surface area contributed by atoms with E-state index in [1.165, 1.54) is 34.6 Å². The molecule has 0 saturated heterocycles. The summed E-state index contributed by atoms with van der Waals surface area (Å²) in [7, 11) is 3.42. The molecule has 1 fully saturated rings. The predicted molar refractivity (Wildman–Crippen MR) is 96.5 cm³/mol. The van der Waals surface area contributed by atoms with Crippen molar-refractivity contribution in [3.8, 4) is 11.5 Å². The molecule has 128 valence electrons. The van der Waals surface area contributed by atoms with Gasteiger partial charge < -0.3 is 14.2 Å². The van der Waals surface area contributed by atoms with Crippen LogP contribution in [0.3, 0.4) is 0 Å². The highest BCUT2D eigenvalue weighted by Crippen LogP contribution is 2.51. The minimum Gasteiger partial charge on any atom is -0.497 e. The first-order valence-corrected chi connectivity index (χ1v) is 9.50. The summed E-state index contributed by atoms with van der Waals surface area (Å²) in [6, 6.07) is 8.27. The van der Waals surface area contributed by atoms with Crippen LogP contribution in [0.2, 0.25) is 0 Å². The van der Waals surface area contributed by atoms with Crippen LogP contribution in [-0.4, -0.2) is 20.3 Å². The molecule has 1 aromatic heterocycles. The predicted octanol–water partition coefficient (Wildman–Crippen LogP) is 5.22. The third-order valence-corrected chi connectivity index (χ3v) is 6.46. The number of benzene rings is 1. The lowest BCUT2D eigenvalue weighted by atomic mass is 9.80. The van der Waals surface area contributed by atoms with Gasteiger partial charge in [0.1, 0.15) is 17.6 Å². The van der Waals surface area contributed by atoms with E-state index in [1.54, 1.807) is 14.2 Å². The molecule has 2 heterocycles. The fraction of sp³-hybridized carbons (Fsp3) is 0.500. The van der Waals surface area contributed by atoms with Gasteiger partial charge in [-0.3, -0.25) is 0 Å². The van der Waals surface area contributed by atoms with Gasteiger partial charge in [-0.25, -0.2) is 0 Å². The second-order valence-electron chi connectivity index (χ2n) is 6.73. The first-order chi connectivity index (χ1) is 11.7. The van der Waals surface area contributed by atoms with E-state index in [1.807, 2.05) is 23.5 Å². The van der Waals surface area contributed by atoms with Gasteiger partial charge in [0.2, 0.25) is 0 Å². The largest absolute Gasteiger partial charge is 0.497 e. The summed E-state index contributed by atoms with van der Waals surface area (Å²) in [6.07, 6.45) is 5.25. The number of hydrogen-bond acceptors (Lipinski definition) is 4. The highest BCUT2D eigenvalue weighted by molar-refractivity contribution is 7.12. The number of rotatable bonds is 3. The average Bonchev–Trinajstić information content (AvgIpc) is 3.02. The number of thiophene rings is 1. The Kier molecular flexibility index (Phi) is 4.27. The number of methoxy groups -OCH3 is 2. The van der Waals surface area contributed by atoms with Gasteiger partial charge in [0.25, 0.3) is 0 Å². The highest BCUT2D eigenvalue weighted by Gasteiger charge is 2.40. The molecule has 0 amide bonds. The van der Waals surface area contributed by atoms with E-state index in [-0.39, 0.29) is 6.10 Å². The van der Waals surface area contributed by atoms with Crippen molar-refractivity contribution in [2.24, 2.45) is 0 Å². The van der Waals surface area contributed by atoms with Crippen molar-refractivity contribution in [1.82, 2.24) is 0 Å². The van der Waals surface area contributed by atoms with Gasteiger partial charge in [0.15, 0.2) is 0 Å². The quantitative estimate of drug-likeness (QED) is 0.764. The normalized spacial score (nSPS) is 25.7. The Morgan fingerprint density at radius 1 is 1.04 bits per heavy atom. The van der Waals surface area contributed by atoms with Gasteiger partial charge in [0, 0.05) is 21.2 Å². The van der Waals surface area contributed by atoms with Gasteiger partial charge in [-0.2, -0.15) is 0 Å². The summed E-state index contributed by atoms with van der Waals surface area (Å²) < 4.78 is 17.7. The molecule has 1 saturated carbocycles. The number of ether oxygens (including phenoxy) is 3. The molecule has 3 atom stereocenters. The lowest BCUT2D eigenvalue weighted by Crippen LogP contribution is -2.32. The Labute approximate surface area is 147 Å². The Hall–Kier alpha value is -1.52. The van der Waals surface area contributed by atoms with Crippen molar-refractivity contribution in [1.29, 1.82) is 0 Å². The molecular formula is C20H24O3S. The molecule has 2 aliphatic rings. The maximum atomic E-state index is 6.63. The second-order valence-corrected chi connectivity index (χ2v) is 8.02. The van der Waals surface area contributed by atoms with E-state index in [9.17, 15) is 0 Å². The Bertz CT molecular complexity index is 736. The van der Waals surface area contributed by atoms with Crippen molar-refractivity contribution >= 4 is 11.3 Å². The molecule has 4 rings (SSSR count). The van der Waals surface area contributed by atoms with Crippen LogP contribution in [0.15, 0.2) is 24.3 Å². The maximum absolute atomic E-state index is 6.63. The van der Waals surface area contributed by atoms with Crippen molar-refractivity contribution in [3.05, 3.63) is 45.1 Å². The van der Waals surface area contributed by atoms with Crippen LogP contribution in [-0.2, 0) is 4.74 Å². The molecule has 24 heavy (non-hydrogen) atoms.